The lowest BCUT2D eigenvalue weighted by atomic mass is 10.0. The molecule has 0 radical (unpaired) electrons. The van der Waals surface area contributed by atoms with Crippen LogP contribution in [-0.4, -0.2) is 13.0 Å². The highest BCUT2D eigenvalue weighted by molar-refractivity contribution is 7.86. The second-order valence-electron chi connectivity index (χ2n) is 3.23. The monoisotopic (exact) mass is 234 g/mol. The molecule has 5 heteroatoms. The summed E-state index contributed by atoms with van der Waals surface area (Å²) in [6, 6.07) is 1.38. The Labute approximate surface area is 88.5 Å². The molecule has 0 heterocycles. The van der Waals surface area contributed by atoms with Crippen molar-refractivity contribution in [1.82, 2.24) is 0 Å². The summed E-state index contributed by atoms with van der Waals surface area (Å²) < 4.78 is 30.8. The average Bonchev–Trinajstić information content (AvgIpc) is 2.06. The Morgan fingerprint density at radius 1 is 1.21 bits per heavy atom. The minimum Gasteiger partial charge on any atom is -0.282 e. The third-order valence-electron chi connectivity index (χ3n) is 2.33. The molecule has 0 aromatic heterocycles. The average molecular weight is 235 g/mol. The fourth-order valence-electron chi connectivity index (χ4n) is 1.20. The first-order chi connectivity index (χ1) is 6.25. The van der Waals surface area contributed by atoms with Gasteiger partial charge in [0.25, 0.3) is 10.1 Å². The van der Waals surface area contributed by atoms with E-state index in [4.69, 9.17) is 16.2 Å². The predicted octanol–water partition coefficient (Wildman–Crippen LogP) is 2.51. The number of hydrogen-bond donors (Lipinski definition) is 1. The Bertz CT molecular complexity index is 477. The molecular formula is C9H11ClO3S. The van der Waals surface area contributed by atoms with E-state index in [1.54, 1.807) is 13.8 Å². The second kappa shape index (κ2) is 3.53. The molecule has 0 unspecified atom stereocenters. The number of aryl methyl sites for hydroxylation is 1. The molecule has 0 amide bonds. The minimum absolute atomic E-state index is 0.0931. The fraction of sp³-hybridized carbons (Fsp3) is 0.333. The quantitative estimate of drug-likeness (QED) is 0.760. The topological polar surface area (TPSA) is 54.4 Å². The van der Waals surface area contributed by atoms with Crippen LogP contribution in [0.15, 0.2) is 11.0 Å². The van der Waals surface area contributed by atoms with E-state index in [1.807, 2.05) is 6.92 Å². The summed E-state index contributed by atoms with van der Waals surface area (Å²) in [7, 11) is -4.23. The van der Waals surface area contributed by atoms with Gasteiger partial charge in [-0.15, -0.1) is 0 Å². The van der Waals surface area contributed by atoms with E-state index in [2.05, 4.69) is 0 Å². The van der Waals surface area contributed by atoms with Crippen molar-refractivity contribution in [2.24, 2.45) is 0 Å². The zero-order valence-electron chi connectivity index (χ0n) is 8.13. The molecule has 1 aromatic rings. The normalized spacial score (nSPS) is 11.8. The van der Waals surface area contributed by atoms with Crippen molar-refractivity contribution in [3.05, 3.63) is 27.8 Å². The van der Waals surface area contributed by atoms with Gasteiger partial charge in [-0.1, -0.05) is 11.6 Å². The molecule has 1 rings (SSSR count). The Morgan fingerprint density at radius 3 is 2.14 bits per heavy atom. The van der Waals surface area contributed by atoms with E-state index in [0.29, 0.717) is 5.56 Å². The van der Waals surface area contributed by atoms with Crippen molar-refractivity contribution in [2.75, 3.05) is 0 Å². The summed E-state index contributed by atoms with van der Waals surface area (Å²) >= 11 is 5.82. The lowest BCUT2D eigenvalue weighted by Gasteiger charge is -2.10. The van der Waals surface area contributed by atoms with Gasteiger partial charge in [0.05, 0.1) is 5.02 Å². The Balaban J connectivity index is 3.66. The van der Waals surface area contributed by atoms with Crippen LogP contribution in [0.1, 0.15) is 16.7 Å². The van der Waals surface area contributed by atoms with Crippen LogP contribution in [0.4, 0.5) is 0 Å². The van der Waals surface area contributed by atoms with Crippen LogP contribution in [0.5, 0.6) is 0 Å². The van der Waals surface area contributed by atoms with E-state index in [0.717, 1.165) is 11.1 Å². The summed E-state index contributed by atoms with van der Waals surface area (Å²) in [5, 5.41) is 0.0931. The molecule has 3 nitrogen and oxygen atoms in total. The third-order valence-corrected chi connectivity index (χ3v) is 3.80. The van der Waals surface area contributed by atoms with E-state index in [-0.39, 0.29) is 9.92 Å². The van der Waals surface area contributed by atoms with Gasteiger partial charge in [0, 0.05) is 0 Å². The van der Waals surface area contributed by atoms with Gasteiger partial charge in [0.15, 0.2) is 0 Å². The molecule has 0 aliphatic heterocycles. The van der Waals surface area contributed by atoms with Crippen molar-refractivity contribution in [1.29, 1.82) is 0 Å². The molecule has 0 atom stereocenters. The zero-order chi connectivity index (χ0) is 11.1. The summed E-state index contributed by atoms with van der Waals surface area (Å²) in [4.78, 5) is -0.222. The highest BCUT2D eigenvalue weighted by Crippen LogP contribution is 2.29. The molecule has 78 valence electrons. The molecule has 0 bridgehead atoms. The maximum atomic E-state index is 10.9. The molecule has 0 saturated heterocycles. The molecule has 14 heavy (non-hydrogen) atoms. The summed E-state index contributed by atoms with van der Waals surface area (Å²) in [6.07, 6.45) is 0. The Morgan fingerprint density at radius 2 is 1.71 bits per heavy atom. The fourth-order valence-corrected chi connectivity index (χ4v) is 2.40. The van der Waals surface area contributed by atoms with E-state index in [1.165, 1.54) is 6.07 Å². The van der Waals surface area contributed by atoms with Crippen LogP contribution in [0.25, 0.3) is 0 Å². The number of rotatable bonds is 1. The van der Waals surface area contributed by atoms with Gasteiger partial charge in [-0.2, -0.15) is 8.42 Å². The second-order valence-corrected chi connectivity index (χ2v) is 5.00. The van der Waals surface area contributed by atoms with Crippen LogP contribution in [0.2, 0.25) is 5.02 Å². The van der Waals surface area contributed by atoms with Crippen LogP contribution >= 0.6 is 11.6 Å². The summed E-state index contributed by atoms with van der Waals surface area (Å²) in [5.74, 6) is 0. The van der Waals surface area contributed by atoms with Gasteiger partial charge >= 0.3 is 0 Å². The molecular weight excluding hydrogens is 224 g/mol. The number of benzene rings is 1. The maximum absolute atomic E-state index is 10.9. The van der Waals surface area contributed by atoms with E-state index >= 15 is 0 Å². The predicted molar refractivity (Wildman–Crippen MR) is 55.5 cm³/mol. The molecule has 1 aromatic carbocycles. The number of hydrogen-bond acceptors (Lipinski definition) is 2. The molecule has 0 fully saturated rings. The van der Waals surface area contributed by atoms with Crippen molar-refractivity contribution >= 4 is 21.7 Å². The smallest absolute Gasteiger partial charge is 0.282 e. The van der Waals surface area contributed by atoms with Crippen LogP contribution in [0.3, 0.4) is 0 Å². The van der Waals surface area contributed by atoms with Gasteiger partial charge in [-0.25, -0.2) is 0 Å². The lowest BCUT2D eigenvalue weighted by molar-refractivity contribution is 0.483. The molecule has 0 saturated carbocycles. The van der Waals surface area contributed by atoms with Gasteiger partial charge in [-0.3, -0.25) is 4.55 Å². The first-order valence-electron chi connectivity index (χ1n) is 3.99. The zero-order valence-corrected chi connectivity index (χ0v) is 9.70. The summed E-state index contributed by atoms with van der Waals surface area (Å²) in [6.45, 7) is 5.34. The minimum atomic E-state index is -4.23. The van der Waals surface area contributed by atoms with Gasteiger partial charge in [-0.05, 0) is 43.5 Å². The van der Waals surface area contributed by atoms with Crippen molar-refractivity contribution in [3.63, 3.8) is 0 Å². The van der Waals surface area contributed by atoms with Crippen LogP contribution < -0.4 is 0 Å². The van der Waals surface area contributed by atoms with Crippen molar-refractivity contribution in [2.45, 2.75) is 25.7 Å². The summed E-state index contributed by atoms with van der Waals surface area (Å²) in [5.41, 5.74) is 2.40. The van der Waals surface area contributed by atoms with Crippen molar-refractivity contribution in [3.8, 4) is 0 Å². The highest BCUT2D eigenvalue weighted by atomic mass is 35.5. The van der Waals surface area contributed by atoms with Crippen LogP contribution in [0, 0.1) is 20.8 Å². The first kappa shape index (κ1) is 11.5. The lowest BCUT2D eigenvalue weighted by Crippen LogP contribution is -2.02. The molecule has 0 spiro atoms. The molecule has 0 aliphatic rings. The maximum Gasteiger partial charge on any atom is 0.296 e. The number of halogens is 1. The molecule has 1 N–H and O–H groups in total. The SMILES string of the molecule is Cc1cc(S(=O)(=O)O)c(Cl)c(C)c1C. The first-order valence-corrected chi connectivity index (χ1v) is 5.80. The van der Waals surface area contributed by atoms with Crippen LogP contribution in [-0.2, 0) is 10.1 Å². The molecule has 0 aliphatic carbocycles. The van der Waals surface area contributed by atoms with E-state index in [9.17, 15) is 8.42 Å². The van der Waals surface area contributed by atoms with Gasteiger partial charge < -0.3 is 0 Å². The van der Waals surface area contributed by atoms with Gasteiger partial charge in [0.2, 0.25) is 0 Å². The highest BCUT2D eigenvalue weighted by Gasteiger charge is 2.18. The Kier molecular flexibility index (Phi) is 2.90. The third kappa shape index (κ3) is 1.92. The Hall–Kier alpha value is -0.580. The van der Waals surface area contributed by atoms with Crippen molar-refractivity contribution < 1.29 is 13.0 Å². The van der Waals surface area contributed by atoms with Gasteiger partial charge in [0.1, 0.15) is 4.90 Å². The standard InChI is InChI=1S/C9H11ClO3S/c1-5-4-8(14(11,12)13)9(10)7(3)6(5)2/h4H,1-3H3,(H,11,12,13). The largest absolute Gasteiger partial charge is 0.296 e. The van der Waals surface area contributed by atoms with E-state index < -0.39 is 10.1 Å².